The van der Waals surface area contributed by atoms with Crippen LogP contribution in [0.1, 0.15) is 33.6 Å². The fourth-order valence-electron chi connectivity index (χ4n) is 3.16. The molecule has 1 saturated carbocycles. The molecule has 0 aromatic rings. The predicted molar refractivity (Wildman–Crippen MR) is 77.9 cm³/mol. The standard InChI is InChI=1S/C15H28N4/c1-12(2)17-15(10-16,14-5-6-14)11-19-8-7-18(4)13(3)9-19/h12-14,17H,5-9,11H2,1-4H3. The lowest BCUT2D eigenvalue weighted by molar-refractivity contribution is 0.0821. The van der Waals surface area contributed by atoms with Gasteiger partial charge in [-0.15, -0.1) is 0 Å². The Balaban J connectivity index is 2.02. The van der Waals surface area contributed by atoms with Gasteiger partial charge in [0, 0.05) is 38.3 Å². The normalized spacial score (nSPS) is 29.2. The lowest BCUT2D eigenvalue weighted by Gasteiger charge is -2.42. The van der Waals surface area contributed by atoms with Crippen LogP contribution in [0.15, 0.2) is 0 Å². The molecule has 4 nitrogen and oxygen atoms in total. The number of nitrogens with one attached hydrogen (secondary N) is 1. The molecule has 1 heterocycles. The van der Waals surface area contributed by atoms with Crippen LogP contribution in [0.3, 0.4) is 0 Å². The SMILES string of the molecule is CC(C)NC(C#N)(CN1CCN(C)C(C)C1)C1CC1. The number of nitriles is 1. The molecule has 2 fully saturated rings. The molecule has 2 aliphatic rings. The van der Waals surface area contributed by atoms with Crippen molar-refractivity contribution >= 4 is 0 Å². The van der Waals surface area contributed by atoms with Gasteiger partial charge in [0.15, 0.2) is 0 Å². The van der Waals surface area contributed by atoms with Gasteiger partial charge in [-0.05, 0) is 46.6 Å². The minimum Gasteiger partial charge on any atom is -0.301 e. The first kappa shape index (κ1) is 14.8. The van der Waals surface area contributed by atoms with Gasteiger partial charge in [-0.3, -0.25) is 10.2 Å². The minimum absolute atomic E-state index is 0.330. The van der Waals surface area contributed by atoms with Crippen LogP contribution in [0.25, 0.3) is 0 Å². The molecule has 1 aliphatic heterocycles. The number of hydrogen-bond donors (Lipinski definition) is 1. The lowest BCUT2D eigenvalue weighted by Crippen LogP contribution is -2.60. The fraction of sp³-hybridized carbons (Fsp3) is 0.933. The zero-order valence-corrected chi connectivity index (χ0v) is 12.8. The van der Waals surface area contributed by atoms with E-state index in [1.165, 1.54) is 12.8 Å². The van der Waals surface area contributed by atoms with E-state index in [1.54, 1.807) is 0 Å². The van der Waals surface area contributed by atoms with Gasteiger partial charge in [-0.2, -0.15) is 5.26 Å². The highest BCUT2D eigenvalue weighted by Crippen LogP contribution is 2.40. The van der Waals surface area contributed by atoms with E-state index in [-0.39, 0.29) is 5.54 Å². The van der Waals surface area contributed by atoms with Crippen LogP contribution in [0.2, 0.25) is 0 Å². The van der Waals surface area contributed by atoms with Crippen molar-refractivity contribution in [3.05, 3.63) is 0 Å². The largest absolute Gasteiger partial charge is 0.301 e. The Kier molecular flexibility index (Phi) is 4.50. The number of likely N-dealkylation sites (N-methyl/N-ethyl adjacent to an activating group) is 1. The van der Waals surface area contributed by atoms with Crippen LogP contribution in [-0.2, 0) is 0 Å². The van der Waals surface area contributed by atoms with E-state index in [0.717, 1.165) is 26.2 Å². The number of nitrogens with zero attached hydrogens (tertiary/aromatic N) is 3. The molecule has 0 aromatic heterocycles. The van der Waals surface area contributed by atoms with Crippen molar-refractivity contribution in [3.8, 4) is 6.07 Å². The molecule has 0 amide bonds. The molecule has 0 bridgehead atoms. The van der Waals surface area contributed by atoms with Gasteiger partial charge in [0.25, 0.3) is 0 Å². The number of rotatable bonds is 5. The van der Waals surface area contributed by atoms with Gasteiger partial charge in [0.2, 0.25) is 0 Å². The van der Waals surface area contributed by atoms with Gasteiger partial charge in [-0.25, -0.2) is 0 Å². The van der Waals surface area contributed by atoms with E-state index in [0.29, 0.717) is 18.0 Å². The molecule has 108 valence electrons. The van der Waals surface area contributed by atoms with Crippen LogP contribution >= 0.6 is 0 Å². The molecule has 1 aliphatic carbocycles. The second-order valence-corrected chi connectivity index (χ2v) is 6.72. The highest BCUT2D eigenvalue weighted by molar-refractivity contribution is 5.17. The van der Waals surface area contributed by atoms with Crippen molar-refractivity contribution in [2.75, 3.05) is 33.2 Å². The maximum Gasteiger partial charge on any atom is 0.122 e. The van der Waals surface area contributed by atoms with Crippen molar-refractivity contribution in [2.45, 2.75) is 51.2 Å². The summed E-state index contributed by atoms with van der Waals surface area (Å²) in [6.07, 6.45) is 2.41. The predicted octanol–water partition coefficient (Wildman–Crippen LogP) is 1.29. The van der Waals surface area contributed by atoms with Crippen molar-refractivity contribution in [1.29, 1.82) is 5.26 Å². The van der Waals surface area contributed by atoms with Gasteiger partial charge in [0.1, 0.15) is 5.54 Å². The summed E-state index contributed by atoms with van der Waals surface area (Å²) in [5, 5.41) is 13.3. The molecule has 2 rings (SSSR count). The van der Waals surface area contributed by atoms with Crippen molar-refractivity contribution in [2.24, 2.45) is 5.92 Å². The molecule has 4 heteroatoms. The molecule has 0 radical (unpaired) electrons. The van der Waals surface area contributed by atoms with Crippen LogP contribution < -0.4 is 5.32 Å². The topological polar surface area (TPSA) is 42.3 Å². The lowest BCUT2D eigenvalue weighted by atomic mass is 9.92. The van der Waals surface area contributed by atoms with Crippen LogP contribution in [0.5, 0.6) is 0 Å². The summed E-state index contributed by atoms with van der Waals surface area (Å²) >= 11 is 0. The zero-order chi connectivity index (χ0) is 14.0. The maximum atomic E-state index is 9.73. The molecule has 19 heavy (non-hydrogen) atoms. The van der Waals surface area contributed by atoms with Crippen molar-refractivity contribution < 1.29 is 0 Å². The molecular weight excluding hydrogens is 236 g/mol. The smallest absolute Gasteiger partial charge is 0.122 e. The van der Waals surface area contributed by atoms with Crippen molar-refractivity contribution in [1.82, 2.24) is 15.1 Å². The summed E-state index contributed by atoms with van der Waals surface area (Å²) < 4.78 is 0. The first-order valence-corrected chi connectivity index (χ1v) is 7.58. The van der Waals surface area contributed by atoms with Gasteiger partial charge in [-0.1, -0.05) is 0 Å². The quantitative estimate of drug-likeness (QED) is 0.812. The zero-order valence-electron chi connectivity index (χ0n) is 12.8. The maximum absolute atomic E-state index is 9.73. The van der Waals surface area contributed by atoms with Crippen LogP contribution in [0.4, 0.5) is 0 Å². The molecule has 2 unspecified atom stereocenters. The Morgan fingerprint density at radius 3 is 2.53 bits per heavy atom. The Labute approximate surface area is 117 Å². The summed E-state index contributed by atoms with van der Waals surface area (Å²) in [5.74, 6) is 0.551. The van der Waals surface area contributed by atoms with Crippen LogP contribution in [-0.4, -0.2) is 60.6 Å². The van der Waals surface area contributed by atoms with E-state index in [4.69, 9.17) is 0 Å². The van der Waals surface area contributed by atoms with Gasteiger partial charge in [0.05, 0.1) is 6.07 Å². The molecule has 0 aromatic carbocycles. The second kappa shape index (κ2) is 5.78. The third kappa shape index (κ3) is 3.47. The summed E-state index contributed by atoms with van der Waals surface area (Å²) in [7, 11) is 2.19. The van der Waals surface area contributed by atoms with E-state index in [1.807, 2.05) is 0 Å². The fourth-order valence-corrected chi connectivity index (χ4v) is 3.16. The summed E-state index contributed by atoms with van der Waals surface area (Å²) in [4.78, 5) is 4.87. The number of piperazine rings is 1. The highest BCUT2D eigenvalue weighted by Gasteiger charge is 2.47. The molecule has 2 atom stereocenters. The Hall–Kier alpha value is -0.630. The molecule has 1 saturated heterocycles. The summed E-state index contributed by atoms with van der Waals surface area (Å²) in [6, 6.07) is 3.57. The molecule has 0 spiro atoms. The van der Waals surface area contributed by atoms with Gasteiger partial charge >= 0.3 is 0 Å². The third-order valence-corrected chi connectivity index (χ3v) is 4.54. The Morgan fingerprint density at radius 1 is 1.37 bits per heavy atom. The van der Waals surface area contributed by atoms with Crippen molar-refractivity contribution in [3.63, 3.8) is 0 Å². The first-order chi connectivity index (χ1) is 8.97. The highest BCUT2D eigenvalue weighted by atomic mass is 15.3. The second-order valence-electron chi connectivity index (χ2n) is 6.72. The number of hydrogen-bond acceptors (Lipinski definition) is 4. The molecule has 1 N–H and O–H groups in total. The van der Waals surface area contributed by atoms with E-state index in [2.05, 4.69) is 49.0 Å². The average molecular weight is 264 g/mol. The monoisotopic (exact) mass is 264 g/mol. The average Bonchev–Trinajstić information content (AvgIpc) is 3.17. The first-order valence-electron chi connectivity index (χ1n) is 7.58. The van der Waals surface area contributed by atoms with E-state index < -0.39 is 0 Å². The minimum atomic E-state index is -0.330. The molecular formula is C15H28N4. The summed E-state index contributed by atoms with van der Waals surface area (Å²) in [5.41, 5.74) is -0.330. The Bertz CT molecular complexity index is 345. The third-order valence-electron chi connectivity index (χ3n) is 4.54. The van der Waals surface area contributed by atoms with E-state index >= 15 is 0 Å². The van der Waals surface area contributed by atoms with Crippen LogP contribution in [0, 0.1) is 17.2 Å². The van der Waals surface area contributed by atoms with E-state index in [9.17, 15) is 5.26 Å². The summed E-state index contributed by atoms with van der Waals surface area (Å²) in [6.45, 7) is 10.7. The Morgan fingerprint density at radius 2 is 2.05 bits per heavy atom. The van der Waals surface area contributed by atoms with Gasteiger partial charge < -0.3 is 4.90 Å².